The average molecular weight is 316 g/mol. The molecule has 2 aromatic rings. The van der Waals surface area contributed by atoms with Crippen molar-refractivity contribution in [1.29, 1.82) is 0 Å². The zero-order valence-corrected chi connectivity index (χ0v) is 13.1. The number of benzene rings is 1. The molecule has 2 N–H and O–H groups in total. The number of pyridine rings is 1. The largest absolute Gasteiger partial charge is 0.369 e. The van der Waals surface area contributed by atoms with Crippen LogP contribution in [0.4, 0.5) is 5.69 Å². The third-order valence-corrected chi connectivity index (χ3v) is 4.42. The molecule has 22 heavy (non-hydrogen) atoms. The molecule has 0 bridgehead atoms. The molecular formula is C17H18ClN3O. The van der Waals surface area contributed by atoms with Crippen molar-refractivity contribution >= 4 is 23.2 Å². The number of fused-ring (bicyclic) bond motifs is 1. The van der Waals surface area contributed by atoms with Crippen molar-refractivity contribution in [2.24, 2.45) is 5.73 Å². The van der Waals surface area contributed by atoms with E-state index >= 15 is 0 Å². The number of hydrogen-bond acceptors (Lipinski definition) is 3. The molecule has 5 heteroatoms. The number of carbonyl (C=O) groups is 1. The van der Waals surface area contributed by atoms with Gasteiger partial charge < -0.3 is 10.6 Å². The van der Waals surface area contributed by atoms with Gasteiger partial charge in [-0.3, -0.25) is 4.79 Å². The van der Waals surface area contributed by atoms with E-state index in [4.69, 9.17) is 17.3 Å². The Kier molecular flexibility index (Phi) is 4.03. The summed E-state index contributed by atoms with van der Waals surface area (Å²) in [5, 5.41) is 0.491. The van der Waals surface area contributed by atoms with Gasteiger partial charge in [-0.25, -0.2) is 4.98 Å². The first-order valence-electron chi connectivity index (χ1n) is 7.31. The van der Waals surface area contributed by atoms with E-state index in [0.29, 0.717) is 5.15 Å². The number of primary amides is 1. The van der Waals surface area contributed by atoms with Crippen molar-refractivity contribution in [2.45, 2.75) is 31.8 Å². The van der Waals surface area contributed by atoms with Gasteiger partial charge in [-0.2, -0.15) is 0 Å². The first kappa shape index (κ1) is 14.9. The summed E-state index contributed by atoms with van der Waals surface area (Å²) in [6.07, 6.45) is 2.44. The lowest BCUT2D eigenvalue weighted by molar-refractivity contribution is -0.119. The highest BCUT2D eigenvalue weighted by molar-refractivity contribution is 6.29. The van der Waals surface area contributed by atoms with E-state index in [1.165, 1.54) is 0 Å². The molecule has 2 heterocycles. The summed E-state index contributed by atoms with van der Waals surface area (Å²) in [6.45, 7) is 2.85. The molecule has 0 saturated heterocycles. The molecule has 1 aromatic carbocycles. The number of hydrogen-bond donors (Lipinski definition) is 1. The van der Waals surface area contributed by atoms with E-state index in [9.17, 15) is 4.79 Å². The van der Waals surface area contributed by atoms with Gasteiger partial charge >= 0.3 is 0 Å². The van der Waals surface area contributed by atoms with Crippen molar-refractivity contribution in [3.05, 3.63) is 58.9 Å². The van der Waals surface area contributed by atoms with Gasteiger partial charge in [0.2, 0.25) is 5.91 Å². The molecular weight excluding hydrogens is 298 g/mol. The number of anilines is 1. The van der Waals surface area contributed by atoms with Crippen molar-refractivity contribution < 1.29 is 4.79 Å². The highest BCUT2D eigenvalue weighted by atomic mass is 35.5. The van der Waals surface area contributed by atoms with Crippen LogP contribution in [0.2, 0.25) is 5.15 Å². The minimum Gasteiger partial charge on any atom is -0.369 e. The highest BCUT2D eigenvalue weighted by Gasteiger charge is 2.32. The first-order valence-corrected chi connectivity index (χ1v) is 7.69. The zero-order valence-electron chi connectivity index (χ0n) is 12.4. The number of nitrogens with two attached hydrogens (primary N) is 1. The minimum absolute atomic E-state index is 0.219. The van der Waals surface area contributed by atoms with E-state index in [0.717, 1.165) is 29.8 Å². The molecule has 0 saturated carbocycles. The summed E-state index contributed by atoms with van der Waals surface area (Å²) in [5.74, 6) is -0.477. The van der Waals surface area contributed by atoms with E-state index in [2.05, 4.69) is 16.8 Å². The molecule has 0 unspecified atom stereocenters. The summed E-state index contributed by atoms with van der Waals surface area (Å²) in [7, 11) is 0. The summed E-state index contributed by atoms with van der Waals surface area (Å²) in [5.41, 5.74) is 8.75. The normalized spacial score (nSPS) is 20.5. The molecule has 1 aromatic heterocycles. The molecule has 0 radical (unpaired) electrons. The molecule has 114 valence electrons. The Balaban J connectivity index is 1.97. The van der Waals surface area contributed by atoms with Gasteiger partial charge in [0.05, 0.1) is 5.92 Å². The van der Waals surface area contributed by atoms with Crippen LogP contribution in [0.1, 0.15) is 30.4 Å². The monoisotopic (exact) mass is 315 g/mol. The van der Waals surface area contributed by atoms with E-state index in [-0.39, 0.29) is 17.9 Å². The van der Waals surface area contributed by atoms with Gasteiger partial charge in [0.25, 0.3) is 0 Å². The number of carbonyl (C=O) groups excluding carboxylic acids is 1. The maximum absolute atomic E-state index is 11.8. The van der Waals surface area contributed by atoms with E-state index in [1.807, 2.05) is 36.4 Å². The van der Waals surface area contributed by atoms with Crippen molar-refractivity contribution in [3.63, 3.8) is 0 Å². The number of amides is 1. The molecule has 0 spiro atoms. The SMILES string of the molecule is C[C@H]1C[C@@H](C(N)=O)c2ccccc2N1Cc1ccnc(Cl)c1. The Morgan fingerprint density at radius 3 is 2.91 bits per heavy atom. The summed E-state index contributed by atoms with van der Waals surface area (Å²) in [4.78, 5) is 18.1. The summed E-state index contributed by atoms with van der Waals surface area (Å²) >= 11 is 5.97. The van der Waals surface area contributed by atoms with Crippen LogP contribution in [0.5, 0.6) is 0 Å². The van der Waals surface area contributed by atoms with Gasteiger partial charge in [-0.1, -0.05) is 29.8 Å². The van der Waals surface area contributed by atoms with Crippen molar-refractivity contribution in [2.75, 3.05) is 4.90 Å². The highest BCUT2D eigenvalue weighted by Crippen LogP contribution is 2.38. The van der Waals surface area contributed by atoms with Crippen LogP contribution in [0, 0.1) is 0 Å². The molecule has 3 rings (SSSR count). The molecule has 2 atom stereocenters. The molecule has 1 amide bonds. The fraction of sp³-hybridized carbons (Fsp3) is 0.294. The molecule has 1 aliphatic rings. The summed E-state index contributed by atoms with van der Waals surface area (Å²) in [6, 6.07) is 12.0. The van der Waals surface area contributed by atoms with Crippen LogP contribution in [0.15, 0.2) is 42.6 Å². The van der Waals surface area contributed by atoms with Crippen molar-refractivity contribution in [1.82, 2.24) is 4.98 Å². The lowest BCUT2D eigenvalue weighted by atomic mass is 9.85. The van der Waals surface area contributed by atoms with Gasteiger partial charge in [-0.15, -0.1) is 0 Å². The fourth-order valence-electron chi connectivity index (χ4n) is 3.12. The maximum atomic E-state index is 11.8. The van der Waals surface area contributed by atoms with Gasteiger partial charge in [0.1, 0.15) is 5.15 Å². The minimum atomic E-state index is -0.258. The smallest absolute Gasteiger partial charge is 0.225 e. The number of rotatable bonds is 3. The maximum Gasteiger partial charge on any atom is 0.225 e. The third-order valence-electron chi connectivity index (χ3n) is 4.22. The molecule has 1 aliphatic heterocycles. The Labute approximate surface area is 134 Å². The molecule has 0 aliphatic carbocycles. The predicted octanol–water partition coefficient (Wildman–Crippen LogP) is 3.10. The van der Waals surface area contributed by atoms with Crippen LogP contribution in [0.3, 0.4) is 0 Å². The Morgan fingerprint density at radius 1 is 1.41 bits per heavy atom. The van der Waals surface area contributed by atoms with Gasteiger partial charge in [0.15, 0.2) is 0 Å². The van der Waals surface area contributed by atoms with Gasteiger partial charge in [-0.05, 0) is 42.7 Å². The van der Waals surface area contributed by atoms with E-state index in [1.54, 1.807) is 6.20 Å². The third kappa shape index (κ3) is 2.79. The second-order valence-electron chi connectivity index (χ2n) is 5.71. The van der Waals surface area contributed by atoms with Crippen LogP contribution in [0.25, 0.3) is 0 Å². The second-order valence-corrected chi connectivity index (χ2v) is 6.10. The topological polar surface area (TPSA) is 59.2 Å². The standard InChI is InChI=1S/C17H18ClN3O/c1-11-8-14(17(19)22)13-4-2-3-5-15(13)21(11)10-12-6-7-20-16(18)9-12/h2-7,9,11,14H,8,10H2,1H3,(H2,19,22)/t11-,14+/m0/s1. The summed E-state index contributed by atoms with van der Waals surface area (Å²) < 4.78 is 0. The first-order chi connectivity index (χ1) is 10.6. The predicted molar refractivity (Wildman–Crippen MR) is 87.9 cm³/mol. The van der Waals surface area contributed by atoms with Crippen molar-refractivity contribution in [3.8, 4) is 0 Å². The second kappa shape index (κ2) is 5.97. The Bertz CT molecular complexity index is 704. The lowest BCUT2D eigenvalue weighted by Gasteiger charge is -2.40. The molecule has 4 nitrogen and oxygen atoms in total. The average Bonchev–Trinajstić information content (AvgIpc) is 2.49. The zero-order chi connectivity index (χ0) is 15.7. The van der Waals surface area contributed by atoms with E-state index < -0.39 is 0 Å². The fourth-order valence-corrected chi connectivity index (χ4v) is 3.32. The van der Waals surface area contributed by atoms with Crippen LogP contribution >= 0.6 is 11.6 Å². The Hall–Kier alpha value is -2.07. The quantitative estimate of drug-likeness (QED) is 0.885. The number of para-hydroxylation sites is 1. The van der Waals surface area contributed by atoms with Crippen LogP contribution < -0.4 is 10.6 Å². The van der Waals surface area contributed by atoms with Gasteiger partial charge in [0, 0.05) is 24.5 Å². The lowest BCUT2D eigenvalue weighted by Crippen LogP contribution is -2.41. The Morgan fingerprint density at radius 2 is 2.18 bits per heavy atom. The number of halogens is 1. The number of aromatic nitrogens is 1. The van der Waals surface area contributed by atoms with Crippen LogP contribution in [-0.4, -0.2) is 16.9 Å². The van der Waals surface area contributed by atoms with Crippen LogP contribution in [-0.2, 0) is 11.3 Å². The molecule has 0 fully saturated rings. The number of nitrogens with zero attached hydrogens (tertiary/aromatic N) is 2.